The lowest BCUT2D eigenvalue weighted by Crippen LogP contribution is -2.33. The number of nitrogens with zero attached hydrogens (tertiary/aromatic N) is 1. The normalized spacial score (nSPS) is 13.8. The first-order valence-corrected chi connectivity index (χ1v) is 9.14. The van der Waals surface area contributed by atoms with Crippen LogP contribution in [0.4, 0.5) is 11.4 Å². The molecule has 7 heteroatoms. The largest absolute Gasteiger partial charge is 0.452 e. The van der Waals surface area contributed by atoms with Crippen molar-refractivity contribution >= 4 is 23.3 Å². The van der Waals surface area contributed by atoms with Gasteiger partial charge < -0.3 is 10.1 Å². The number of anilines is 1. The number of nitro groups is 1. The third kappa shape index (κ3) is 5.16. The van der Waals surface area contributed by atoms with Gasteiger partial charge >= 0.3 is 5.97 Å². The lowest BCUT2D eigenvalue weighted by molar-refractivity contribution is -0.383. The minimum absolute atomic E-state index is 0.0281. The van der Waals surface area contributed by atoms with Crippen LogP contribution in [0.5, 0.6) is 0 Å². The Morgan fingerprint density at radius 1 is 1.07 bits per heavy atom. The smallest absolute Gasteiger partial charge is 0.314 e. The zero-order valence-corrected chi connectivity index (χ0v) is 16.1. The Balaban J connectivity index is 2.12. The van der Waals surface area contributed by atoms with Crippen LogP contribution in [0.25, 0.3) is 0 Å². The molecule has 7 nitrogen and oxygen atoms in total. The molecular formula is C21H24N2O5. The van der Waals surface area contributed by atoms with E-state index in [2.05, 4.69) is 5.32 Å². The minimum Gasteiger partial charge on any atom is -0.452 e. The summed E-state index contributed by atoms with van der Waals surface area (Å²) in [4.78, 5) is 35.7. The average Bonchev–Trinajstić information content (AvgIpc) is 2.68. The molecule has 0 fully saturated rings. The van der Waals surface area contributed by atoms with Crippen molar-refractivity contribution in [2.75, 3.05) is 5.32 Å². The Kier molecular flexibility index (Phi) is 7.26. The first-order chi connectivity index (χ1) is 13.3. The molecule has 1 N–H and O–H groups in total. The van der Waals surface area contributed by atoms with Crippen LogP contribution < -0.4 is 5.32 Å². The molecule has 0 saturated heterocycles. The molecule has 28 heavy (non-hydrogen) atoms. The number of benzene rings is 2. The van der Waals surface area contributed by atoms with Gasteiger partial charge in [-0.2, -0.15) is 0 Å². The van der Waals surface area contributed by atoms with Crippen LogP contribution in [-0.2, 0) is 14.3 Å². The monoisotopic (exact) mass is 384 g/mol. The molecule has 2 aromatic carbocycles. The summed E-state index contributed by atoms with van der Waals surface area (Å²) in [6.45, 7) is 5.39. The molecule has 0 aliphatic heterocycles. The molecule has 0 aliphatic carbocycles. The number of hydrogen-bond donors (Lipinski definition) is 1. The zero-order valence-electron chi connectivity index (χ0n) is 16.1. The number of amides is 1. The second-order valence-corrected chi connectivity index (χ2v) is 6.62. The molecule has 3 atom stereocenters. The van der Waals surface area contributed by atoms with Crippen LogP contribution in [0, 0.1) is 16.0 Å². The summed E-state index contributed by atoms with van der Waals surface area (Å²) in [6, 6.07) is 15.1. The van der Waals surface area contributed by atoms with Crippen LogP contribution in [0.1, 0.15) is 38.7 Å². The van der Waals surface area contributed by atoms with Gasteiger partial charge in [-0.1, -0.05) is 62.7 Å². The number of hydrogen-bond acceptors (Lipinski definition) is 5. The van der Waals surface area contributed by atoms with Crippen LogP contribution >= 0.6 is 0 Å². The lowest BCUT2D eigenvalue weighted by Gasteiger charge is -2.23. The number of para-hydroxylation sites is 2. The van der Waals surface area contributed by atoms with Crippen LogP contribution in [0.3, 0.4) is 0 Å². The summed E-state index contributed by atoms with van der Waals surface area (Å²) >= 11 is 0. The van der Waals surface area contributed by atoms with Gasteiger partial charge in [-0.15, -0.1) is 0 Å². The number of ether oxygens (including phenoxy) is 1. The molecular weight excluding hydrogens is 360 g/mol. The summed E-state index contributed by atoms with van der Waals surface area (Å²) in [5, 5.41) is 13.5. The van der Waals surface area contributed by atoms with E-state index >= 15 is 0 Å². The van der Waals surface area contributed by atoms with Crippen molar-refractivity contribution in [1.29, 1.82) is 0 Å². The molecule has 2 rings (SSSR count). The first kappa shape index (κ1) is 21.1. The molecule has 3 unspecified atom stereocenters. The molecule has 0 heterocycles. The molecule has 0 aliphatic rings. The average molecular weight is 384 g/mol. The van der Waals surface area contributed by atoms with Gasteiger partial charge in [0.1, 0.15) is 5.69 Å². The van der Waals surface area contributed by atoms with E-state index in [-0.39, 0.29) is 17.3 Å². The van der Waals surface area contributed by atoms with E-state index in [0.717, 1.165) is 12.0 Å². The predicted molar refractivity (Wildman–Crippen MR) is 106 cm³/mol. The van der Waals surface area contributed by atoms with Crippen molar-refractivity contribution in [3.05, 3.63) is 70.3 Å². The van der Waals surface area contributed by atoms with Gasteiger partial charge in [0.2, 0.25) is 0 Å². The van der Waals surface area contributed by atoms with Gasteiger partial charge in [0.25, 0.3) is 11.6 Å². The maximum Gasteiger partial charge on any atom is 0.314 e. The summed E-state index contributed by atoms with van der Waals surface area (Å²) < 4.78 is 5.40. The number of rotatable bonds is 8. The number of carbonyl (C=O) groups is 2. The predicted octanol–water partition coefficient (Wildman–Crippen LogP) is 4.29. The number of nitro benzene ring substituents is 1. The second kappa shape index (κ2) is 9.64. The summed E-state index contributed by atoms with van der Waals surface area (Å²) in [7, 11) is 0. The van der Waals surface area contributed by atoms with Gasteiger partial charge in [0.15, 0.2) is 6.10 Å². The van der Waals surface area contributed by atoms with Crippen molar-refractivity contribution in [1.82, 2.24) is 0 Å². The fourth-order valence-corrected chi connectivity index (χ4v) is 2.87. The molecule has 2 aromatic rings. The fourth-order valence-electron chi connectivity index (χ4n) is 2.87. The van der Waals surface area contributed by atoms with E-state index in [9.17, 15) is 19.7 Å². The quantitative estimate of drug-likeness (QED) is 0.416. The molecule has 0 radical (unpaired) electrons. The van der Waals surface area contributed by atoms with Crippen molar-refractivity contribution < 1.29 is 19.2 Å². The minimum atomic E-state index is -1.09. The van der Waals surface area contributed by atoms with Crippen molar-refractivity contribution in [3.63, 3.8) is 0 Å². The Morgan fingerprint density at radius 3 is 2.29 bits per heavy atom. The van der Waals surface area contributed by atoms with Crippen molar-refractivity contribution in [2.24, 2.45) is 5.92 Å². The SMILES string of the molecule is CCC(C)C(C(=O)OC(C)C(=O)Nc1ccccc1[N+](=O)[O-])c1ccccc1. The summed E-state index contributed by atoms with van der Waals surface area (Å²) in [6.07, 6.45) is -0.326. The van der Waals surface area contributed by atoms with Gasteiger partial charge in [-0.3, -0.25) is 19.7 Å². The van der Waals surface area contributed by atoms with Gasteiger partial charge in [0.05, 0.1) is 10.8 Å². The third-order valence-electron chi connectivity index (χ3n) is 4.65. The molecule has 0 aromatic heterocycles. The van der Waals surface area contributed by atoms with Gasteiger partial charge in [0, 0.05) is 6.07 Å². The number of carbonyl (C=O) groups excluding carboxylic acids is 2. The Bertz CT molecular complexity index is 838. The van der Waals surface area contributed by atoms with E-state index in [1.54, 1.807) is 6.07 Å². The van der Waals surface area contributed by atoms with E-state index in [0.29, 0.717) is 0 Å². The molecule has 0 saturated carbocycles. The highest BCUT2D eigenvalue weighted by Crippen LogP contribution is 2.29. The first-order valence-electron chi connectivity index (χ1n) is 9.14. The second-order valence-electron chi connectivity index (χ2n) is 6.62. The van der Waals surface area contributed by atoms with Crippen LogP contribution in [0.2, 0.25) is 0 Å². The Morgan fingerprint density at radius 2 is 1.68 bits per heavy atom. The molecule has 0 spiro atoms. The molecule has 1 amide bonds. The standard InChI is InChI=1S/C21H24N2O5/c1-4-14(2)19(16-10-6-5-7-11-16)21(25)28-15(3)20(24)22-17-12-8-9-13-18(17)23(26)27/h5-15,19H,4H2,1-3H3,(H,22,24). The maximum absolute atomic E-state index is 12.8. The number of nitrogens with one attached hydrogen (secondary N) is 1. The Labute approximate surface area is 163 Å². The topological polar surface area (TPSA) is 98.5 Å². The van der Waals surface area contributed by atoms with E-state index < -0.39 is 28.8 Å². The summed E-state index contributed by atoms with van der Waals surface area (Å²) in [5.41, 5.74) is 0.659. The maximum atomic E-state index is 12.8. The Hall–Kier alpha value is -3.22. The van der Waals surface area contributed by atoms with Crippen LogP contribution in [-0.4, -0.2) is 22.9 Å². The third-order valence-corrected chi connectivity index (χ3v) is 4.65. The lowest BCUT2D eigenvalue weighted by atomic mass is 9.85. The highest BCUT2D eigenvalue weighted by molar-refractivity contribution is 5.97. The highest BCUT2D eigenvalue weighted by atomic mass is 16.6. The fraction of sp³-hybridized carbons (Fsp3) is 0.333. The zero-order chi connectivity index (χ0) is 20.7. The molecule has 0 bridgehead atoms. The van der Waals surface area contributed by atoms with Crippen LogP contribution in [0.15, 0.2) is 54.6 Å². The highest BCUT2D eigenvalue weighted by Gasteiger charge is 2.30. The van der Waals surface area contributed by atoms with Gasteiger partial charge in [-0.25, -0.2) is 0 Å². The van der Waals surface area contributed by atoms with E-state index in [1.807, 2.05) is 44.2 Å². The van der Waals surface area contributed by atoms with Crippen molar-refractivity contribution in [3.8, 4) is 0 Å². The van der Waals surface area contributed by atoms with E-state index in [4.69, 9.17) is 4.74 Å². The van der Waals surface area contributed by atoms with Crippen molar-refractivity contribution in [2.45, 2.75) is 39.2 Å². The number of esters is 1. The molecule has 148 valence electrons. The van der Waals surface area contributed by atoms with Gasteiger partial charge in [-0.05, 0) is 24.5 Å². The van der Waals surface area contributed by atoms with E-state index in [1.165, 1.54) is 25.1 Å². The summed E-state index contributed by atoms with van der Waals surface area (Å²) in [5.74, 6) is -1.59.